The van der Waals surface area contributed by atoms with Gasteiger partial charge in [0.1, 0.15) is 17.3 Å². The number of piperidine rings is 1. The van der Waals surface area contributed by atoms with Crippen LogP contribution in [0.5, 0.6) is 11.5 Å². The quantitative estimate of drug-likeness (QED) is 0.331. The molecule has 1 aliphatic heterocycles. The Labute approximate surface area is 198 Å². The lowest BCUT2D eigenvalue weighted by Crippen LogP contribution is -2.40. The lowest BCUT2D eigenvalue weighted by molar-refractivity contribution is 0.314. The number of nitrogens with zero attached hydrogens (tertiary/aromatic N) is 2. The van der Waals surface area contributed by atoms with Crippen LogP contribution in [0.1, 0.15) is 32.2 Å². The van der Waals surface area contributed by atoms with Gasteiger partial charge in [0, 0.05) is 23.7 Å². The Morgan fingerprint density at radius 3 is 2.62 bits per heavy atom. The smallest absolute Gasteiger partial charge is 0.141 e. The Bertz CT molecular complexity index is 1250. The zero-order chi connectivity index (χ0) is 22.1. The van der Waals surface area contributed by atoms with Crippen molar-refractivity contribution in [2.24, 2.45) is 0 Å². The van der Waals surface area contributed by atoms with Crippen molar-refractivity contribution in [1.29, 1.82) is 0 Å². The molecule has 2 heterocycles. The van der Waals surface area contributed by atoms with Crippen LogP contribution in [0.3, 0.4) is 0 Å². The molecule has 0 bridgehead atoms. The van der Waals surface area contributed by atoms with Gasteiger partial charge in [0.25, 0.3) is 0 Å². The van der Waals surface area contributed by atoms with E-state index >= 15 is 0 Å². The lowest BCUT2D eigenvalue weighted by Gasteiger charge is -2.31. The molecule has 0 saturated carbocycles. The van der Waals surface area contributed by atoms with Crippen molar-refractivity contribution < 1.29 is 4.74 Å². The number of rotatable bonds is 5. The first kappa shape index (κ1) is 21.3. The fourth-order valence-corrected chi connectivity index (χ4v) is 4.79. The number of para-hydroxylation sites is 2. The highest BCUT2D eigenvalue weighted by Crippen LogP contribution is 2.34. The number of halogens is 2. The van der Waals surface area contributed by atoms with Crippen LogP contribution in [0, 0.1) is 0 Å². The second-order valence-corrected chi connectivity index (χ2v) is 9.11. The molecule has 0 aliphatic carbocycles. The molecule has 4 nitrogen and oxygen atoms in total. The second kappa shape index (κ2) is 9.14. The molecule has 3 aromatic carbocycles. The van der Waals surface area contributed by atoms with Gasteiger partial charge in [-0.25, -0.2) is 4.98 Å². The summed E-state index contributed by atoms with van der Waals surface area (Å²) in [7, 11) is 0. The first-order valence-corrected chi connectivity index (χ1v) is 11.8. The third-order valence-electron chi connectivity index (χ3n) is 6.15. The molecule has 0 amide bonds. The molecule has 2 atom stereocenters. The van der Waals surface area contributed by atoms with Crippen molar-refractivity contribution in [3.63, 3.8) is 0 Å². The summed E-state index contributed by atoms with van der Waals surface area (Å²) in [5.41, 5.74) is 3.17. The second-order valence-electron chi connectivity index (χ2n) is 8.30. The first-order valence-electron chi connectivity index (χ1n) is 11.0. The number of hydrogen-bond donors (Lipinski definition) is 1. The highest BCUT2D eigenvalue weighted by Gasteiger charge is 2.25. The molecule has 1 aliphatic rings. The van der Waals surface area contributed by atoms with Crippen molar-refractivity contribution in [1.82, 2.24) is 14.9 Å². The van der Waals surface area contributed by atoms with E-state index in [1.807, 2.05) is 30.3 Å². The largest absolute Gasteiger partial charge is 0.457 e. The highest BCUT2D eigenvalue weighted by atomic mass is 35.5. The zero-order valence-electron chi connectivity index (χ0n) is 17.9. The van der Waals surface area contributed by atoms with Gasteiger partial charge in [-0.15, -0.1) is 0 Å². The molecule has 1 N–H and O–H groups in total. The van der Waals surface area contributed by atoms with Crippen LogP contribution in [0.4, 0.5) is 0 Å². The molecular formula is C26H25Cl2N3O. The summed E-state index contributed by atoms with van der Waals surface area (Å²) in [4.78, 5) is 5.01. The number of nitrogens with one attached hydrogen (secondary N) is 1. The Hall–Kier alpha value is -2.53. The number of hydrogen-bond acceptors (Lipinski definition) is 3. The average molecular weight is 466 g/mol. The maximum Gasteiger partial charge on any atom is 0.141 e. The van der Waals surface area contributed by atoms with E-state index < -0.39 is 0 Å². The Kier molecular flexibility index (Phi) is 6.09. The third-order valence-corrected chi connectivity index (χ3v) is 6.89. The Balaban J connectivity index is 1.54. The van der Waals surface area contributed by atoms with Crippen molar-refractivity contribution in [2.75, 3.05) is 6.54 Å². The highest BCUT2D eigenvalue weighted by molar-refractivity contribution is 6.42. The Morgan fingerprint density at radius 1 is 0.969 bits per heavy atom. The first-order chi connectivity index (χ1) is 15.6. The summed E-state index contributed by atoms with van der Waals surface area (Å²) >= 11 is 12.2. The van der Waals surface area contributed by atoms with Crippen LogP contribution < -0.4 is 10.1 Å². The Morgan fingerprint density at radius 2 is 1.81 bits per heavy atom. The van der Waals surface area contributed by atoms with Crippen molar-refractivity contribution in [3.8, 4) is 22.9 Å². The van der Waals surface area contributed by atoms with E-state index in [2.05, 4.69) is 41.1 Å². The van der Waals surface area contributed by atoms with Gasteiger partial charge in [-0.1, -0.05) is 53.9 Å². The van der Waals surface area contributed by atoms with Gasteiger partial charge in [-0.05, 0) is 62.7 Å². The summed E-state index contributed by atoms with van der Waals surface area (Å²) in [6.07, 6.45) is 3.68. The minimum atomic E-state index is 0.275. The molecule has 2 unspecified atom stereocenters. The van der Waals surface area contributed by atoms with Gasteiger partial charge in [0.15, 0.2) is 0 Å². The van der Waals surface area contributed by atoms with E-state index in [0.717, 1.165) is 34.7 Å². The molecule has 32 heavy (non-hydrogen) atoms. The molecular weight excluding hydrogens is 441 g/mol. The van der Waals surface area contributed by atoms with Crippen molar-refractivity contribution in [2.45, 2.75) is 38.3 Å². The summed E-state index contributed by atoms with van der Waals surface area (Å²) in [5.74, 6) is 2.32. The van der Waals surface area contributed by atoms with Crippen LogP contribution in [0.2, 0.25) is 10.0 Å². The molecule has 1 saturated heterocycles. The van der Waals surface area contributed by atoms with Crippen LogP contribution in [0.15, 0.2) is 66.7 Å². The number of aromatic nitrogens is 2. The van der Waals surface area contributed by atoms with E-state index in [4.69, 9.17) is 32.9 Å². The number of imidazole rings is 1. The molecule has 164 valence electrons. The predicted molar refractivity (Wildman–Crippen MR) is 132 cm³/mol. The molecule has 5 rings (SSSR count). The monoisotopic (exact) mass is 465 g/mol. The number of fused-ring (bicyclic) bond motifs is 1. The third kappa shape index (κ3) is 4.23. The van der Waals surface area contributed by atoms with Crippen LogP contribution in [-0.2, 0) is 0 Å². The van der Waals surface area contributed by atoms with Gasteiger partial charge in [-0.2, -0.15) is 0 Å². The minimum Gasteiger partial charge on any atom is -0.457 e. The standard InChI is InChI=1S/C26H25Cl2N3O/c1-17(23-9-4-5-14-29-23)31-25-11-3-2-10-24(25)30-26(31)18-7-6-8-19(15-18)32-20-12-13-21(27)22(28)16-20/h2-3,6-8,10-13,15-17,23,29H,4-5,9,14H2,1H3. The van der Waals surface area contributed by atoms with Gasteiger partial charge in [-0.3, -0.25) is 0 Å². The normalized spacial score (nSPS) is 17.4. The molecule has 0 radical (unpaired) electrons. The van der Waals surface area contributed by atoms with Crippen LogP contribution >= 0.6 is 23.2 Å². The molecule has 6 heteroatoms. The SMILES string of the molecule is CC(C1CCCCN1)n1c(-c2cccc(Oc3ccc(Cl)c(Cl)c3)c2)nc2ccccc21. The maximum absolute atomic E-state index is 6.15. The molecule has 0 spiro atoms. The van der Waals surface area contributed by atoms with Crippen LogP contribution in [0.25, 0.3) is 22.4 Å². The maximum atomic E-state index is 6.15. The average Bonchev–Trinajstić information content (AvgIpc) is 3.21. The topological polar surface area (TPSA) is 39.1 Å². The summed E-state index contributed by atoms with van der Waals surface area (Å²) in [6.45, 7) is 3.36. The fourth-order valence-electron chi connectivity index (χ4n) is 4.51. The summed E-state index contributed by atoms with van der Waals surface area (Å²) in [5, 5.41) is 4.68. The van der Waals surface area contributed by atoms with E-state index in [1.54, 1.807) is 12.1 Å². The zero-order valence-corrected chi connectivity index (χ0v) is 19.4. The van der Waals surface area contributed by atoms with Gasteiger partial charge >= 0.3 is 0 Å². The minimum absolute atomic E-state index is 0.275. The summed E-state index contributed by atoms with van der Waals surface area (Å²) in [6, 6.07) is 22.4. The molecule has 1 fully saturated rings. The van der Waals surface area contributed by atoms with Gasteiger partial charge in [0.2, 0.25) is 0 Å². The van der Waals surface area contributed by atoms with Crippen molar-refractivity contribution >= 4 is 34.2 Å². The number of ether oxygens (including phenoxy) is 1. The van der Waals surface area contributed by atoms with E-state index in [9.17, 15) is 0 Å². The van der Waals surface area contributed by atoms with Crippen molar-refractivity contribution in [3.05, 3.63) is 76.8 Å². The van der Waals surface area contributed by atoms with E-state index in [-0.39, 0.29) is 6.04 Å². The predicted octanol–water partition coefficient (Wildman–Crippen LogP) is 7.51. The van der Waals surface area contributed by atoms with Gasteiger partial charge < -0.3 is 14.6 Å². The van der Waals surface area contributed by atoms with Gasteiger partial charge in [0.05, 0.1) is 21.1 Å². The number of benzene rings is 3. The lowest BCUT2D eigenvalue weighted by atomic mass is 9.98. The van der Waals surface area contributed by atoms with E-state index in [0.29, 0.717) is 21.8 Å². The fraction of sp³-hybridized carbons (Fsp3) is 0.269. The summed E-state index contributed by atoms with van der Waals surface area (Å²) < 4.78 is 8.45. The molecule has 4 aromatic rings. The van der Waals surface area contributed by atoms with Crippen LogP contribution in [-0.4, -0.2) is 22.1 Å². The molecule has 1 aromatic heterocycles. The van der Waals surface area contributed by atoms with E-state index in [1.165, 1.54) is 19.3 Å².